The molecule has 1 N–H and O–H groups in total. The second-order valence-corrected chi connectivity index (χ2v) is 6.74. The van der Waals surface area contributed by atoms with Gasteiger partial charge in [-0.15, -0.1) is 0 Å². The van der Waals surface area contributed by atoms with E-state index < -0.39 is 0 Å². The molecule has 0 bridgehead atoms. The molecule has 2 nitrogen and oxygen atoms in total. The van der Waals surface area contributed by atoms with Gasteiger partial charge in [0, 0.05) is 25.7 Å². The normalized spacial score (nSPS) is 30.2. The minimum Gasteiger partial charge on any atom is -0.312 e. The molecule has 2 atom stereocenters. The summed E-state index contributed by atoms with van der Waals surface area (Å²) in [4.78, 5) is 2.54. The summed E-state index contributed by atoms with van der Waals surface area (Å²) in [7, 11) is 2.30. The van der Waals surface area contributed by atoms with E-state index in [1.54, 1.807) is 0 Å². The van der Waals surface area contributed by atoms with E-state index in [-0.39, 0.29) is 0 Å². The van der Waals surface area contributed by atoms with Crippen molar-refractivity contribution in [1.82, 2.24) is 10.2 Å². The van der Waals surface area contributed by atoms with Gasteiger partial charge in [-0.05, 0) is 44.6 Å². The van der Waals surface area contributed by atoms with Crippen LogP contribution in [0.25, 0.3) is 0 Å². The molecule has 2 rings (SSSR count). The minimum absolute atomic E-state index is 0.790. The maximum absolute atomic E-state index is 3.79. The molecule has 0 amide bonds. The lowest BCUT2D eigenvalue weighted by molar-refractivity contribution is 0.245. The number of hydrogen-bond acceptors (Lipinski definition) is 2. The van der Waals surface area contributed by atoms with Crippen LogP contribution in [-0.4, -0.2) is 37.6 Å². The van der Waals surface area contributed by atoms with Gasteiger partial charge in [-0.1, -0.05) is 32.6 Å². The van der Waals surface area contributed by atoms with Crippen LogP contribution in [0.4, 0.5) is 0 Å². The van der Waals surface area contributed by atoms with Crippen LogP contribution in [0, 0.1) is 11.8 Å². The standard InChI is InChI=1S/C16H32N2/c1-14-7-3-6-10-16(14)17-11-12-18(2)13-15-8-4-5-9-15/h14-17H,3-13H2,1-2H3. The van der Waals surface area contributed by atoms with Gasteiger partial charge < -0.3 is 10.2 Å². The van der Waals surface area contributed by atoms with E-state index in [9.17, 15) is 0 Å². The molecule has 2 saturated carbocycles. The number of hydrogen-bond donors (Lipinski definition) is 1. The molecule has 2 unspecified atom stereocenters. The maximum Gasteiger partial charge on any atom is 0.0104 e. The molecule has 0 aromatic heterocycles. The van der Waals surface area contributed by atoms with Crippen LogP contribution >= 0.6 is 0 Å². The van der Waals surface area contributed by atoms with Crippen molar-refractivity contribution >= 4 is 0 Å². The second-order valence-electron chi connectivity index (χ2n) is 6.74. The summed E-state index contributed by atoms with van der Waals surface area (Å²) in [6.45, 7) is 6.14. The molecule has 0 saturated heterocycles. The van der Waals surface area contributed by atoms with Crippen molar-refractivity contribution in [1.29, 1.82) is 0 Å². The van der Waals surface area contributed by atoms with E-state index in [4.69, 9.17) is 0 Å². The van der Waals surface area contributed by atoms with Crippen LogP contribution in [0.3, 0.4) is 0 Å². The van der Waals surface area contributed by atoms with E-state index in [1.807, 2.05) is 0 Å². The van der Waals surface area contributed by atoms with E-state index in [1.165, 1.54) is 71.0 Å². The summed E-state index contributed by atoms with van der Waals surface area (Å²) in [6, 6.07) is 0.790. The molecule has 2 fully saturated rings. The third-order valence-corrected chi connectivity index (χ3v) is 5.06. The molecule has 0 spiro atoms. The second kappa shape index (κ2) is 7.49. The largest absolute Gasteiger partial charge is 0.312 e. The highest BCUT2D eigenvalue weighted by molar-refractivity contribution is 4.78. The topological polar surface area (TPSA) is 15.3 Å². The zero-order valence-corrected chi connectivity index (χ0v) is 12.5. The molecule has 0 aromatic rings. The Labute approximate surface area is 114 Å². The summed E-state index contributed by atoms with van der Waals surface area (Å²) >= 11 is 0. The summed E-state index contributed by atoms with van der Waals surface area (Å²) in [5.74, 6) is 1.88. The highest BCUT2D eigenvalue weighted by atomic mass is 15.1. The zero-order valence-electron chi connectivity index (χ0n) is 12.5. The number of rotatable bonds is 6. The Kier molecular flexibility index (Phi) is 5.97. The molecule has 106 valence electrons. The first kappa shape index (κ1) is 14.3. The predicted molar refractivity (Wildman–Crippen MR) is 78.9 cm³/mol. The molecular formula is C16H32N2. The molecule has 0 aromatic carbocycles. The van der Waals surface area contributed by atoms with Gasteiger partial charge in [-0.3, -0.25) is 0 Å². The Hall–Kier alpha value is -0.0800. The van der Waals surface area contributed by atoms with Gasteiger partial charge in [0.1, 0.15) is 0 Å². The molecule has 2 aliphatic rings. The zero-order chi connectivity index (χ0) is 12.8. The van der Waals surface area contributed by atoms with Crippen molar-refractivity contribution in [2.75, 3.05) is 26.7 Å². The van der Waals surface area contributed by atoms with Crippen LogP contribution in [-0.2, 0) is 0 Å². The van der Waals surface area contributed by atoms with Gasteiger partial charge in [0.25, 0.3) is 0 Å². The van der Waals surface area contributed by atoms with E-state index in [2.05, 4.69) is 24.2 Å². The Morgan fingerprint density at radius 3 is 2.39 bits per heavy atom. The van der Waals surface area contributed by atoms with E-state index >= 15 is 0 Å². The fourth-order valence-corrected chi connectivity index (χ4v) is 3.79. The lowest BCUT2D eigenvalue weighted by Gasteiger charge is -2.30. The summed E-state index contributed by atoms with van der Waals surface area (Å²) < 4.78 is 0. The Morgan fingerprint density at radius 1 is 1.00 bits per heavy atom. The lowest BCUT2D eigenvalue weighted by Crippen LogP contribution is -2.41. The monoisotopic (exact) mass is 252 g/mol. The third kappa shape index (κ3) is 4.55. The Balaban J connectivity index is 1.56. The molecular weight excluding hydrogens is 220 g/mol. The highest BCUT2D eigenvalue weighted by Gasteiger charge is 2.21. The predicted octanol–water partition coefficient (Wildman–Crippen LogP) is 3.28. The quantitative estimate of drug-likeness (QED) is 0.780. The summed E-state index contributed by atoms with van der Waals surface area (Å²) in [6.07, 6.45) is 11.6. The van der Waals surface area contributed by atoms with Crippen LogP contribution in [0.15, 0.2) is 0 Å². The highest BCUT2D eigenvalue weighted by Crippen LogP contribution is 2.25. The van der Waals surface area contributed by atoms with Gasteiger partial charge in [0.2, 0.25) is 0 Å². The average molecular weight is 252 g/mol. The summed E-state index contributed by atoms with van der Waals surface area (Å²) in [5.41, 5.74) is 0. The fraction of sp³-hybridized carbons (Fsp3) is 1.00. The van der Waals surface area contributed by atoms with E-state index in [0.717, 1.165) is 17.9 Å². The van der Waals surface area contributed by atoms with Crippen molar-refractivity contribution in [2.24, 2.45) is 11.8 Å². The molecule has 0 heterocycles. The number of likely N-dealkylation sites (N-methyl/N-ethyl adjacent to an activating group) is 1. The van der Waals surface area contributed by atoms with E-state index in [0.29, 0.717) is 0 Å². The van der Waals surface area contributed by atoms with Gasteiger partial charge in [-0.2, -0.15) is 0 Å². The van der Waals surface area contributed by atoms with Crippen LogP contribution in [0.2, 0.25) is 0 Å². The Morgan fingerprint density at radius 2 is 1.67 bits per heavy atom. The number of nitrogens with one attached hydrogen (secondary N) is 1. The molecule has 0 radical (unpaired) electrons. The summed E-state index contributed by atoms with van der Waals surface area (Å²) in [5, 5.41) is 3.79. The third-order valence-electron chi connectivity index (χ3n) is 5.06. The smallest absolute Gasteiger partial charge is 0.0104 e. The van der Waals surface area contributed by atoms with Crippen molar-refractivity contribution in [3.05, 3.63) is 0 Å². The first-order valence-corrected chi connectivity index (χ1v) is 8.17. The van der Waals surface area contributed by atoms with Crippen molar-refractivity contribution in [3.8, 4) is 0 Å². The first-order chi connectivity index (χ1) is 8.75. The van der Waals surface area contributed by atoms with Crippen molar-refractivity contribution in [3.63, 3.8) is 0 Å². The van der Waals surface area contributed by atoms with Crippen LogP contribution < -0.4 is 5.32 Å². The van der Waals surface area contributed by atoms with Crippen LogP contribution in [0.5, 0.6) is 0 Å². The van der Waals surface area contributed by atoms with Crippen LogP contribution in [0.1, 0.15) is 58.3 Å². The molecule has 18 heavy (non-hydrogen) atoms. The maximum atomic E-state index is 3.79. The molecule has 2 aliphatic carbocycles. The van der Waals surface area contributed by atoms with Gasteiger partial charge in [0.05, 0.1) is 0 Å². The van der Waals surface area contributed by atoms with Crippen molar-refractivity contribution in [2.45, 2.75) is 64.3 Å². The molecule has 0 aliphatic heterocycles. The average Bonchev–Trinajstić information content (AvgIpc) is 2.84. The molecule has 2 heteroatoms. The fourth-order valence-electron chi connectivity index (χ4n) is 3.79. The minimum atomic E-state index is 0.790. The van der Waals surface area contributed by atoms with Gasteiger partial charge in [-0.25, -0.2) is 0 Å². The van der Waals surface area contributed by atoms with Crippen molar-refractivity contribution < 1.29 is 0 Å². The SMILES string of the molecule is CC1CCCCC1NCCN(C)CC1CCCC1. The van der Waals surface area contributed by atoms with Gasteiger partial charge >= 0.3 is 0 Å². The Bertz CT molecular complexity index is 223. The van der Waals surface area contributed by atoms with Gasteiger partial charge in [0.15, 0.2) is 0 Å². The lowest BCUT2D eigenvalue weighted by atomic mass is 9.86. The number of nitrogens with zero attached hydrogens (tertiary/aromatic N) is 1. The first-order valence-electron chi connectivity index (χ1n) is 8.17.